The quantitative estimate of drug-likeness (QED) is 0.767. The summed E-state index contributed by atoms with van der Waals surface area (Å²) in [5, 5.41) is 0.676. The number of hydrogen-bond acceptors (Lipinski definition) is 2. The highest BCUT2D eigenvalue weighted by molar-refractivity contribution is 9.09. The van der Waals surface area contributed by atoms with Gasteiger partial charge in [0.2, 0.25) is 10.0 Å². The van der Waals surface area contributed by atoms with Crippen molar-refractivity contribution in [3.8, 4) is 0 Å². The van der Waals surface area contributed by atoms with E-state index in [9.17, 15) is 8.42 Å². The Kier molecular flexibility index (Phi) is 5.42. The Labute approximate surface area is 124 Å². The van der Waals surface area contributed by atoms with Crippen LogP contribution in [0, 0.1) is 0 Å². The van der Waals surface area contributed by atoms with Crippen molar-refractivity contribution in [2.75, 3.05) is 11.9 Å². The summed E-state index contributed by atoms with van der Waals surface area (Å²) in [5.41, 5.74) is 0. The first-order valence-corrected chi connectivity index (χ1v) is 9.35. The van der Waals surface area contributed by atoms with Crippen molar-refractivity contribution in [1.82, 2.24) is 4.31 Å². The van der Waals surface area contributed by atoms with Gasteiger partial charge in [-0.3, -0.25) is 0 Å². The minimum absolute atomic E-state index is 0.163. The Bertz CT molecular complexity index is 483. The predicted molar refractivity (Wildman–Crippen MR) is 81.0 cm³/mol. The van der Waals surface area contributed by atoms with Crippen LogP contribution in [0.4, 0.5) is 0 Å². The van der Waals surface area contributed by atoms with Crippen LogP contribution in [0.5, 0.6) is 0 Å². The molecule has 1 aliphatic rings. The van der Waals surface area contributed by atoms with Crippen molar-refractivity contribution in [2.45, 2.75) is 43.0 Å². The van der Waals surface area contributed by atoms with Crippen LogP contribution in [0.1, 0.15) is 32.1 Å². The van der Waals surface area contributed by atoms with Crippen LogP contribution >= 0.6 is 15.9 Å². The lowest BCUT2D eigenvalue weighted by molar-refractivity contribution is 0.263. The Hall–Kier alpha value is -0.390. The molecule has 0 aliphatic heterocycles. The molecule has 0 amide bonds. The average Bonchev–Trinajstić information content (AvgIpc) is 2.46. The van der Waals surface area contributed by atoms with E-state index in [4.69, 9.17) is 0 Å². The van der Waals surface area contributed by atoms with Crippen LogP contribution in [-0.2, 0) is 10.0 Å². The third-order valence-electron chi connectivity index (χ3n) is 3.64. The van der Waals surface area contributed by atoms with E-state index < -0.39 is 10.0 Å². The molecular weight excluding hydrogens is 326 g/mol. The fourth-order valence-corrected chi connectivity index (χ4v) is 5.00. The number of sulfonamides is 1. The normalized spacial score (nSPS) is 17.8. The summed E-state index contributed by atoms with van der Waals surface area (Å²) >= 11 is 3.38. The predicted octanol–water partition coefficient (Wildman–Crippen LogP) is 3.40. The van der Waals surface area contributed by atoms with Gasteiger partial charge in [0.1, 0.15) is 0 Å². The zero-order valence-electron chi connectivity index (χ0n) is 11.0. The van der Waals surface area contributed by atoms with E-state index in [1.54, 1.807) is 28.6 Å². The molecule has 0 bridgehead atoms. The molecule has 3 nitrogen and oxygen atoms in total. The van der Waals surface area contributed by atoms with Crippen molar-refractivity contribution in [3.63, 3.8) is 0 Å². The monoisotopic (exact) mass is 345 g/mol. The smallest absolute Gasteiger partial charge is 0.207 e. The van der Waals surface area contributed by atoms with E-state index in [0.717, 1.165) is 25.7 Å². The number of benzene rings is 1. The van der Waals surface area contributed by atoms with E-state index in [1.807, 2.05) is 6.07 Å². The van der Waals surface area contributed by atoms with E-state index >= 15 is 0 Å². The van der Waals surface area contributed by atoms with Gasteiger partial charge in [-0.2, -0.15) is 4.31 Å². The van der Waals surface area contributed by atoms with Gasteiger partial charge in [-0.25, -0.2) is 8.42 Å². The van der Waals surface area contributed by atoms with E-state index in [1.165, 1.54) is 6.42 Å². The van der Waals surface area contributed by atoms with Gasteiger partial charge in [0.15, 0.2) is 0 Å². The summed E-state index contributed by atoms with van der Waals surface area (Å²) in [7, 11) is -3.36. The summed E-state index contributed by atoms with van der Waals surface area (Å²) in [4.78, 5) is 0.404. The van der Waals surface area contributed by atoms with Gasteiger partial charge in [0.25, 0.3) is 0 Å². The number of rotatable bonds is 5. The zero-order chi connectivity index (χ0) is 13.7. The van der Waals surface area contributed by atoms with Crippen LogP contribution in [0.2, 0.25) is 0 Å². The lowest BCUT2D eigenvalue weighted by Gasteiger charge is -2.33. The van der Waals surface area contributed by atoms with Gasteiger partial charge in [-0.1, -0.05) is 53.4 Å². The van der Waals surface area contributed by atoms with Crippen LogP contribution in [-0.4, -0.2) is 30.6 Å². The molecule has 0 atom stereocenters. The van der Waals surface area contributed by atoms with Gasteiger partial charge in [0, 0.05) is 17.9 Å². The molecule has 106 valence electrons. The molecule has 0 aromatic heterocycles. The topological polar surface area (TPSA) is 37.4 Å². The highest BCUT2D eigenvalue weighted by atomic mass is 79.9. The maximum absolute atomic E-state index is 12.7. The minimum Gasteiger partial charge on any atom is -0.207 e. The maximum atomic E-state index is 12.7. The molecule has 1 fully saturated rings. The second-order valence-electron chi connectivity index (χ2n) is 4.91. The molecule has 2 rings (SSSR count). The number of nitrogens with zero attached hydrogens (tertiary/aromatic N) is 1. The van der Waals surface area contributed by atoms with Crippen molar-refractivity contribution in [3.05, 3.63) is 30.3 Å². The molecule has 1 saturated carbocycles. The lowest BCUT2D eigenvalue weighted by atomic mass is 9.95. The van der Waals surface area contributed by atoms with Gasteiger partial charge in [-0.05, 0) is 25.0 Å². The fourth-order valence-electron chi connectivity index (χ4n) is 2.68. The Morgan fingerprint density at radius 1 is 1.11 bits per heavy atom. The number of hydrogen-bond donors (Lipinski definition) is 0. The van der Waals surface area contributed by atoms with Crippen LogP contribution in [0.25, 0.3) is 0 Å². The van der Waals surface area contributed by atoms with Crippen LogP contribution in [0.3, 0.4) is 0 Å². The first kappa shape index (κ1) is 15.0. The summed E-state index contributed by atoms with van der Waals surface area (Å²) in [6.45, 7) is 0.544. The second kappa shape index (κ2) is 6.86. The molecule has 1 aromatic carbocycles. The SMILES string of the molecule is O=S(=O)(c1ccccc1)N(CCBr)C1CCCCC1. The molecule has 5 heteroatoms. The van der Waals surface area contributed by atoms with Crippen molar-refractivity contribution >= 4 is 26.0 Å². The molecule has 0 unspecified atom stereocenters. The largest absolute Gasteiger partial charge is 0.243 e. The van der Waals surface area contributed by atoms with Crippen LogP contribution in [0.15, 0.2) is 35.2 Å². The highest BCUT2D eigenvalue weighted by Crippen LogP contribution is 2.27. The third kappa shape index (κ3) is 3.58. The van der Waals surface area contributed by atoms with Crippen molar-refractivity contribution < 1.29 is 8.42 Å². The van der Waals surface area contributed by atoms with Crippen molar-refractivity contribution in [2.24, 2.45) is 0 Å². The Balaban J connectivity index is 2.27. The van der Waals surface area contributed by atoms with Crippen LogP contribution < -0.4 is 0 Å². The van der Waals surface area contributed by atoms with Gasteiger partial charge in [-0.15, -0.1) is 0 Å². The molecule has 1 aromatic rings. The molecule has 0 saturated heterocycles. The van der Waals surface area contributed by atoms with Gasteiger partial charge < -0.3 is 0 Å². The summed E-state index contributed by atoms with van der Waals surface area (Å²) in [5.74, 6) is 0. The molecule has 1 aliphatic carbocycles. The zero-order valence-corrected chi connectivity index (χ0v) is 13.4. The lowest BCUT2D eigenvalue weighted by Crippen LogP contribution is -2.42. The van der Waals surface area contributed by atoms with Gasteiger partial charge >= 0.3 is 0 Å². The fraction of sp³-hybridized carbons (Fsp3) is 0.571. The molecule has 0 heterocycles. The highest BCUT2D eigenvalue weighted by Gasteiger charge is 2.31. The second-order valence-corrected chi connectivity index (χ2v) is 7.59. The average molecular weight is 346 g/mol. The molecule has 0 N–H and O–H groups in total. The maximum Gasteiger partial charge on any atom is 0.243 e. The number of alkyl halides is 1. The summed E-state index contributed by atoms with van der Waals surface area (Å²) in [6, 6.07) is 8.92. The first-order valence-electron chi connectivity index (χ1n) is 6.79. The van der Waals surface area contributed by atoms with Gasteiger partial charge in [0.05, 0.1) is 4.90 Å². The minimum atomic E-state index is -3.36. The third-order valence-corrected chi connectivity index (χ3v) is 5.96. The van der Waals surface area contributed by atoms with Crippen molar-refractivity contribution in [1.29, 1.82) is 0 Å². The number of halogens is 1. The summed E-state index contributed by atoms with van der Waals surface area (Å²) < 4.78 is 27.1. The standard InChI is InChI=1S/C14H20BrNO2S/c15-11-12-16(13-7-3-1-4-8-13)19(17,18)14-9-5-2-6-10-14/h2,5-6,9-10,13H,1,3-4,7-8,11-12H2. The Morgan fingerprint density at radius 3 is 2.32 bits per heavy atom. The van der Waals surface area contributed by atoms with E-state index in [2.05, 4.69) is 15.9 Å². The first-order chi connectivity index (χ1) is 9.16. The molecule has 0 radical (unpaired) electrons. The Morgan fingerprint density at radius 2 is 1.74 bits per heavy atom. The summed E-state index contributed by atoms with van der Waals surface area (Å²) in [6.07, 6.45) is 5.46. The molecular formula is C14H20BrNO2S. The van der Waals surface area contributed by atoms with E-state index in [-0.39, 0.29) is 6.04 Å². The molecule has 19 heavy (non-hydrogen) atoms. The molecule has 0 spiro atoms. The van der Waals surface area contributed by atoms with E-state index in [0.29, 0.717) is 16.8 Å².